The zero-order chi connectivity index (χ0) is 9.02. The molecular weight excluding hydrogens is 172 g/mol. The van der Waals surface area contributed by atoms with E-state index in [1.54, 1.807) is 0 Å². The Hall–Kier alpha value is -0.0500. The molecule has 6 nitrogen and oxygen atoms in total. The second-order valence-corrected chi connectivity index (χ2v) is 2.69. The van der Waals surface area contributed by atoms with Gasteiger partial charge in [-0.1, -0.05) is 0 Å². The monoisotopic (exact) mass is 184 g/mol. The summed E-state index contributed by atoms with van der Waals surface area (Å²) in [6.45, 7) is 2.71. The summed E-state index contributed by atoms with van der Waals surface area (Å²) in [7, 11) is 0. The summed E-state index contributed by atoms with van der Waals surface area (Å²) in [6.07, 6.45) is -2.07. The van der Waals surface area contributed by atoms with Crippen molar-refractivity contribution in [2.75, 3.05) is 0 Å². The molecule has 0 aliphatic carbocycles. The minimum absolute atomic E-state index is 0.843. The molecule has 0 aromatic carbocycles. The lowest BCUT2D eigenvalue weighted by Crippen LogP contribution is -2.50. The van der Waals surface area contributed by atoms with Crippen LogP contribution in [0, 0.1) is 0 Å². The summed E-state index contributed by atoms with van der Waals surface area (Å²) in [5.74, 6) is 0. The Kier molecular flexibility index (Phi) is 4.73. The van der Waals surface area contributed by atoms with Crippen LogP contribution >= 0.6 is 0 Å². The van der Waals surface area contributed by atoms with Crippen molar-refractivity contribution in [1.82, 2.24) is 9.84 Å². The fraction of sp³-hybridized carbons (Fsp3) is 1.00. The van der Waals surface area contributed by atoms with E-state index in [1.807, 2.05) is 4.83 Å². The first-order chi connectivity index (χ1) is 4.95. The summed E-state index contributed by atoms with van der Waals surface area (Å²) in [4.78, 5) is 1.94. The minimum Gasteiger partial charge on any atom is -0.377 e. The van der Waals surface area contributed by atoms with Crippen LogP contribution in [-0.2, 0) is 11.3 Å². The molecule has 0 fully saturated rings. The van der Waals surface area contributed by atoms with Gasteiger partial charge in [0, 0.05) is 0 Å². The lowest BCUT2D eigenvalue weighted by Gasteiger charge is -2.26. The van der Waals surface area contributed by atoms with Crippen molar-refractivity contribution in [3.8, 4) is 0 Å². The van der Waals surface area contributed by atoms with Crippen LogP contribution < -0.4 is 4.83 Å². The van der Waals surface area contributed by atoms with E-state index in [0.717, 1.165) is 5.01 Å². The van der Waals surface area contributed by atoms with Crippen LogP contribution in [0.1, 0.15) is 13.8 Å². The summed E-state index contributed by atoms with van der Waals surface area (Å²) < 4.78 is 18.5. The first-order valence-electron chi connectivity index (χ1n) is 2.96. The third-order valence-corrected chi connectivity index (χ3v) is 1.36. The number of hydrogen-bond donors (Lipinski definition) is 4. The lowest BCUT2D eigenvalue weighted by atomic mass is 10.5. The maximum Gasteiger partial charge on any atom is 0.246 e. The van der Waals surface area contributed by atoms with Crippen LogP contribution in [0.3, 0.4) is 0 Å². The third-order valence-electron chi connectivity index (χ3n) is 0.989. The molecule has 0 saturated heterocycles. The molecule has 3 atom stereocenters. The predicted molar refractivity (Wildman–Crippen MR) is 39.1 cm³/mol. The first kappa shape index (κ1) is 11.0. The molecule has 11 heavy (non-hydrogen) atoms. The number of nitrogens with one attached hydrogen (secondary N) is 1. The molecule has 0 saturated carbocycles. The van der Waals surface area contributed by atoms with E-state index in [1.165, 1.54) is 13.8 Å². The van der Waals surface area contributed by atoms with E-state index in [4.69, 9.17) is 14.8 Å². The van der Waals surface area contributed by atoms with Gasteiger partial charge in [-0.05, 0) is 13.8 Å². The summed E-state index contributed by atoms with van der Waals surface area (Å²) in [5, 5.41) is 18.6. The van der Waals surface area contributed by atoms with Crippen LogP contribution in [0.25, 0.3) is 0 Å². The zero-order valence-corrected chi connectivity index (χ0v) is 7.08. The number of aliphatic hydroxyl groups excluding tert-OH is 2. The second-order valence-electron chi connectivity index (χ2n) is 2.01. The number of hydrogen-bond acceptors (Lipinski definition) is 4. The highest BCUT2D eigenvalue weighted by atomic mass is 32.2. The van der Waals surface area contributed by atoms with Gasteiger partial charge in [0.1, 0.15) is 12.5 Å². The highest BCUT2D eigenvalue weighted by Crippen LogP contribution is 1.95. The average molecular weight is 184 g/mol. The van der Waals surface area contributed by atoms with Gasteiger partial charge in [-0.2, -0.15) is 5.01 Å². The third kappa shape index (κ3) is 4.40. The summed E-state index contributed by atoms with van der Waals surface area (Å²) in [5.41, 5.74) is 0. The second kappa shape index (κ2) is 4.75. The molecule has 7 heteroatoms. The van der Waals surface area contributed by atoms with Gasteiger partial charge < -0.3 is 10.2 Å². The van der Waals surface area contributed by atoms with Gasteiger partial charge in [-0.15, -0.1) is 4.83 Å². The van der Waals surface area contributed by atoms with Crippen molar-refractivity contribution in [2.45, 2.75) is 26.3 Å². The van der Waals surface area contributed by atoms with E-state index in [0.29, 0.717) is 0 Å². The van der Waals surface area contributed by atoms with Gasteiger partial charge in [0.15, 0.2) is 0 Å². The Bertz CT molecular complexity index is 132. The minimum atomic E-state index is -2.28. The molecule has 0 bridgehead atoms. The predicted octanol–water partition coefficient (Wildman–Crippen LogP) is -1.39. The molecule has 0 radical (unpaired) electrons. The number of hydrazine groups is 1. The first-order valence-corrected chi connectivity index (χ1v) is 4.07. The van der Waals surface area contributed by atoms with Crippen molar-refractivity contribution in [1.29, 1.82) is 0 Å². The van der Waals surface area contributed by atoms with Crippen molar-refractivity contribution in [3.63, 3.8) is 0 Å². The molecule has 0 aromatic heterocycles. The fourth-order valence-electron chi connectivity index (χ4n) is 0.555. The molecule has 0 amide bonds. The maximum absolute atomic E-state index is 10.2. The quantitative estimate of drug-likeness (QED) is 0.245. The number of nitrogens with zero attached hydrogens (tertiary/aromatic N) is 1. The number of rotatable bonds is 4. The SMILES string of the molecule is CC(O)N(NS(=O)O)C(C)O. The Labute approximate surface area is 67.2 Å². The van der Waals surface area contributed by atoms with Gasteiger partial charge in [-0.25, -0.2) is 4.21 Å². The van der Waals surface area contributed by atoms with Gasteiger partial charge in [0.25, 0.3) is 0 Å². The molecule has 0 rings (SSSR count). The Morgan fingerprint density at radius 1 is 1.36 bits per heavy atom. The van der Waals surface area contributed by atoms with Crippen molar-refractivity contribution in [2.24, 2.45) is 0 Å². The molecular formula is C4H12N2O4S. The van der Waals surface area contributed by atoms with Crippen molar-refractivity contribution in [3.05, 3.63) is 0 Å². The van der Waals surface area contributed by atoms with E-state index in [-0.39, 0.29) is 0 Å². The Balaban J connectivity index is 4.00. The van der Waals surface area contributed by atoms with Gasteiger partial charge >= 0.3 is 0 Å². The molecule has 0 heterocycles. The maximum atomic E-state index is 10.2. The van der Waals surface area contributed by atoms with Crippen LogP contribution in [0.4, 0.5) is 0 Å². The van der Waals surface area contributed by atoms with Crippen LogP contribution in [0.15, 0.2) is 0 Å². The molecule has 3 unspecified atom stereocenters. The molecule has 0 aromatic rings. The van der Waals surface area contributed by atoms with E-state index in [2.05, 4.69) is 0 Å². The topological polar surface area (TPSA) is 93.0 Å². The van der Waals surface area contributed by atoms with Crippen molar-refractivity contribution < 1.29 is 19.0 Å². The highest BCUT2D eigenvalue weighted by Gasteiger charge is 2.17. The molecule has 0 spiro atoms. The Morgan fingerprint density at radius 3 is 1.82 bits per heavy atom. The van der Waals surface area contributed by atoms with Crippen LogP contribution in [0.5, 0.6) is 0 Å². The standard InChI is InChI=1S/C4H12N2O4S/c1-3(7)6(4(2)8)5-11(9)10/h3-5,7-8H,1-2H3,(H,9,10). The van der Waals surface area contributed by atoms with Gasteiger partial charge in [0.2, 0.25) is 11.3 Å². The molecule has 0 aliphatic heterocycles. The largest absolute Gasteiger partial charge is 0.377 e. The van der Waals surface area contributed by atoms with E-state index < -0.39 is 23.7 Å². The van der Waals surface area contributed by atoms with Crippen molar-refractivity contribution >= 4 is 11.3 Å². The molecule has 4 N–H and O–H groups in total. The van der Waals surface area contributed by atoms with Gasteiger partial charge in [-0.3, -0.25) is 4.55 Å². The summed E-state index contributed by atoms with van der Waals surface area (Å²) in [6, 6.07) is 0. The summed E-state index contributed by atoms with van der Waals surface area (Å²) >= 11 is -2.28. The van der Waals surface area contributed by atoms with Crippen LogP contribution in [0.2, 0.25) is 0 Å². The lowest BCUT2D eigenvalue weighted by molar-refractivity contribution is -0.0995. The van der Waals surface area contributed by atoms with E-state index in [9.17, 15) is 4.21 Å². The Morgan fingerprint density at radius 2 is 1.73 bits per heavy atom. The normalized spacial score (nSPS) is 19.8. The number of aliphatic hydroxyl groups is 2. The fourth-order valence-corrected chi connectivity index (χ4v) is 1.04. The van der Waals surface area contributed by atoms with E-state index >= 15 is 0 Å². The highest BCUT2D eigenvalue weighted by molar-refractivity contribution is 7.77. The van der Waals surface area contributed by atoms with Gasteiger partial charge in [0.05, 0.1) is 0 Å². The smallest absolute Gasteiger partial charge is 0.246 e. The van der Waals surface area contributed by atoms with Crippen LogP contribution in [-0.4, -0.2) is 36.4 Å². The molecule has 0 aliphatic rings. The average Bonchev–Trinajstić information content (AvgIpc) is 1.81. The molecule has 68 valence electrons. The zero-order valence-electron chi connectivity index (χ0n) is 6.26.